The number of aromatic nitrogens is 2. The van der Waals surface area contributed by atoms with Crippen LogP contribution < -0.4 is 11.1 Å². The smallest absolute Gasteiger partial charge is 0.222 e. The number of rotatable bonds is 5. The molecule has 0 aliphatic rings. The summed E-state index contributed by atoms with van der Waals surface area (Å²) in [5.74, 6) is 1.11. The number of anilines is 2. The zero-order chi connectivity index (χ0) is 13.1. The molecule has 0 radical (unpaired) electrons. The summed E-state index contributed by atoms with van der Waals surface area (Å²) in [5, 5.41) is 3.31. The van der Waals surface area contributed by atoms with Gasteiger partial charge in [0, 0.05) is 24.8 Å². The Morgan fingerprint density at radius 2 is 2.00 bits per heavy atom. The minimum absolute atomic E-state index is 0.178. The SMILES string of the molecule is Cc1cc(NCC(C)(C)CN(C)C)nc(N)n1. The molecule has 0 bridgehead atoms. The van der Waals surface area contributed by atoms with Crippen LogP contribution in [0.15, 0.2) is 6.07 Å². The molecule has 0 aliphatic heterocycles. The average molecular weight is 237 g/mol. The molecule has 1 aromatic rings. The van der Waals surface area contributed by atoms with Gasteiger partial charge in [-0.1, -0.05) is 13.8 Å². The third-order valence-electron chi connectivity index (χ3n) is 2.36. The molecule has 5 nitrogen and oxygen atoms in total. The molecular weight excluding hydrogens is 214 g/mol. The Labute approximate surface area is 103 Å². The monoisotopic (exact) mass is 237 g/mol. The minimum Gasteiger partial charge on any atom is -0.369 e. The molecule has 0 amide bonds. The van der Waals surface area contributed by atoms with Crippen LogP contribution in [0.3, 0.4) is 0 Å². The summed E-state index contributed by atoms with van der Waals surface area (Å²) < 4.78 is 0. The highest BCUT2D eigenvalue weighted by molar-refractivity contribution is 5.40. The first-order valence-corrected chi connectivity index (χ1v) is 5.78. The molecule has 17 heavy (non-hydrogen) atoms. The molecule has 0 fully saturated rings. The number of nitrogens with two attached hydrogens (primary N) is 1. The molecule has 1 aromatic heterocycles. The van der Waals surface area contributed by atoms with E-state index in [1.165, 1.54) is 0 Å². The second kappa shape index (κ2) is 5.31. The summed E-state index contributed by atoms with van der Waals surface area (Å²) in [5.41, 5.74) is 6.67. The van der Waals surface area contributed by atoms with Crippen molar-refractivity contribution < 1.29 is 0 Å². The number of hydrogen-bond acceptors (Lipinski definition) is 5. The highest BCUT2D eigenvalue weighted by atomic mass is 15.1. The Morgan fingerprint density at radius 3 is 2.53 bits per heavy atom. The predicted molar refractivity (Wildman–Crippen MR) is 72.0 cm³/mol. The summed E-state index contributed by atoms with van der Waals surface area (Å²) in [6.45, 7) is 8.21. The lowest BCUT2D eigenvalue weighted by Gasteiger charge is -2.28. The fourth-order valence-electron chi connectivity index (χ4n) is 1.92. The van der Waals surface area contributed by atoms with E-state index in [0.29, 0.717) is 5.95 Å². The van der Waals surface area contributed by atoms with Gasteiger partial charge in [0.05, 0.1) is 0 Å². The van der Waals surface area contributed by atoms with E-state index in [1.807, 2.05) is 13.0 Å². The number of nitrogens with one attached hydrogen (secondary N) is 1. The van der Waals surface area contributed by atoms with E-state index in [0.717, 1.165) is 24.6 Å². The molecular formula is C12H23N5. The molecule has 1 heterocycles. The molecule has 0 saturated heterocycles. The van der Waals surface area contributed by atoms with E-state index >= 15 is 0 Å². The van der Waals surface area contributed by atoms with Crippen molar-refractivity contribution >= 4 is 11.8 Å². The fraction of sp³-hybridized carbons (Fsp3) is 0.667. The first-order chi connectivity index (χ1) is 7.78. The van der Waals surface area contributed by atoms with Crippen molar-refractivity contribution in [2.45, 2.75) is 20.8 Å². The number of nitrogens with zero attached hydrogens (tertiary/aromatic N) is 3. The van der Waals surface area contributed by atoms with Gasteiger partial charge < -0.3 is 16.0 Å². The van der Waals surface area contributed by atoms with E-state index in [4.69, 9.17) is 5.73 Å². The van der Waals surface area contributed by atoms with E-state index < -0.39 is 0 Å². The summed E-state index contributed by atoms with van der Waals surface area (Å²) in [7, 11) is 4.16. The maximum absolute atomic E-state index is 5.61. The third-order valence-corrected chi connectivity index (χ3v) is 2.36. The maximum Gasteiger partial charge on any atom is 0.222 e. The molecule has 0 aromatic carbocycles. The lowest BCUT2D eigenvalue weighted by molar-refractivity contribution is 0.254. The molecule has 3 N–H and O–H groups in total. The van der Waals surface area contributed by atoms with Crippen molar-refractivity contribution in [2.75, 3.05) is 38.2 Å². The van der Waals surface area contributed by atoms with Crippen LogP contribution in [-0.4, -0.2) is 42.1 Å². The van der Waals surface area contributed by atoms with Crippen LogP contribution in [0.4, 0.5) is 11.8 Å². The van der Waals surface area contributed by atoms with Gasteiger partial charge in [-0.25, -0.2) is 4.98 Å². The largest absolute Gasteiger partial charge is 0.369 e. The highest BCUT2D eigenvalue weighted by Gasteiger charge is 2.18. The van der Waals surface area contributed by atoms with Gasteiger partial charge in [0.25, 0.3) is 0 Å². The van der Waals surface area contributed by atoms with Gasteiger partial charge in [-0.3, -0.25) is 0 Å². The van der Waals surface area contributed by atoms with Crippen molar-refractivity contribution in [2.24, 2.45) is 5.41 Å². The molecule has 0 unspecified atom stereocenters. The van der Waals surface area contributed by atoms with Crippen molar-refractivity contribution in [3.05, 3.63) is 11.8 Å². The summed E-state index contributed by atoms with van der Waals surface area (Å²) in [4.78, 5) is 10.4. The fourth-order valence-corrected chi connectivity index (χ4v) is 1.92. The van der Waals surface area contributed by atoms with Crippen molar-refractivity contribution in [3.8, 4) is 0 Å². The molecule has 5 heteroatoms. The number of nitrogen functional groups attached to an aromatic ring is 1. The predicted octanol–water partition coefficient (Wildman–Crippen LogP) is 1.37. The van der Waals surface area contributed by atoms with Gasteiger partial charge in [0.1, 0.15) is 5.82 Å². The third kappa shape index (κ3) is 4.99. The second-order valence-electron chi connectivity index (χ2n) is 5.51. The van der Waals surface area contributed by atoms with Gasteiger partial charge in [0.2, 0.25) is 5.95 Å². The molecule has 0 aliphatic carbocycles. The van der Waals surface area contributed by atoms with Crippen LogP contribution in [0, 0.1) is 12.3 Å². The minimum atomic E-state index is 0.178. The Kier molecular flexibility index (Phi) is 4.28. The van der Waals surface area contributed by atoms with Crippen LogP contribution >= 0.6 is 0 Å². The van der Waals surface area contributed by atoms with Gasteiger partial charge >= 0.3 is 0 Å². The molecule has 0 spiro atoms. The second-order valence-corrected chi connectivity index (χ2v) is 5.51. The molecule has 1 rings (SSSR count). The van der Waals surface area contributed by atoms with Crippen LogP contribution in [0.1, 0.15) is 19.5 Å². The summed E-state index contributed by atoms with van der Waals surface area (Å²) >= 11 is 0. The zero-order valence-corrected chi connectivity index (χ0v) is 11.4. The Bertz CT molecular complexity index is 353. The first-order valence-electron chi connectivity index (χ1n) is 5.78. The van der Waals surface area contributed by atoms with E-state index in [9.17, 15) is 0 Å². The highest BCUT2D eigenvalue weighted by Crippen LogP contribution is 2.17. The maximum atomic E-state index is 5.61. The van der Waals surface area contributed by atoms with Gasteiger partial charge in [-0.15, -0.1) is 0 Å². The van der Waals surface area contributed by atoms with Gasteiger partial charge in [-0.2, -0.15) is 4.98 Å². The topological polar surface area (TPSA) is 67.1 Å². The van der Waals surface area contributed by atoms with Crippen LogP contribution in [0.5, 0.6) is 0 Å². The van der Waals surface area contributed by atoms with Crippen molar-refractivity contribution in [3.63, 3.8) is 0 Å². The van der Waals surface area contributed by atoms with Crippen LogP contribution in [0.2, 0.25) is 0 Å². The average Bonchev–Trinajstić information content (AvgIpc) is 2.11. The Balaban J connectivity index is 2.60. The van der Waals surface area contributed by atoms with E-state index in [2.05, 4.69) is 48.1 Å². The normalized spacial score (nSPS) is 11.9. The molecule has 0 atom stereocenters. The summed E-state index contributed by atoms with van der Waals surface area (Å²) in [6, 6.07) is 1.90. The van der Waals surface area contributed by atoms with Crippen molar-refractivity contribution in [1.29, 1.82) is 0 Å². The van der Waals surface area contributed by atoms with Gasteiger partial charge in [-0.05, 0) is 26.4 Å². The lowest BCUT2D eigenvalue weighted by Crippen LogP contribution is -2.34. The van der Waals surface area contributed by atoms with E-state index in [1.54, 1.807) is 0 Å². The van der Waals surface area contributed by atoms with Crippen molar-refractivity contribution in [1.82, 2.24) is 14.9 Å². The lowest BCUT2D eigenvalue weighted by atomic mass is 9.93. The first kappa shape index (κ1) is 13.7. The molecule has 96 valence electrons. The summed E-state index contributed by atoms with van der Waals surface area (Å²) in [6.07, 6.45) is 0. The Morgan fingerprint density at radius 1 is 1.35 bits per heavy atom. The standard InChI is InChI=1S/C12H23N5/c1-9-6-10(16-11(13)15-9)14-7-12(2,3)8-17(4)5/h6H,7-8H2,1-5H3,(H3,13,14,15,16). The van der Waals surface area contributed by atoms with Gasteiger partial charge in [0.15, 0.2) is 0 Å². The molecule has 0 saturated carbocycles. The number of hydrogen-bond donors (Lipinski definition) is 2. The quantitative estimate of drug-likeness (QED) is 0.809. The van der Waals surface area contributed by atoms with Crippen LogP contribution in [-0.2, 0) is 0 Å². The van der Waals surface area contributed by atoms with Crippen LogP contribution in [0.25, 0.3) is 0 Å². The Hall–Kier alpha value is -1.36. The van der Waals surface area contributed by atoms with E-state index in [-0.39, 0.29) is 5.41 Å². The number of aryl methyl sites for hydroxylation is 1. The zero-order valence-electron chi connectivity index (χ0n) is 11.4.